The van der Waals surface area contributed by atoms with Gasteiger partial charge in [0.1, 0.15) is 6.67 Å². The number of imide groups is 1. The molecule has 1 atom stereocenters. The Morgan fingerprint density at radius 3 is 2.43 bits per heavy atom. The summed E-state index contributed by atoms with van der Waals surface area (Å²) in [5.74, 6) is -1.40. The number of anilines is 1. The Morgan fingerprint density at radius 1 is 1.14 bits per heavy atom. The van der Waals surface area contributed by atoms with Crippen LogP contribution in [0.5, 0.6) is 0 Å². The summed E-state index contributed by atoms with van der Waals surface area (Å²) in [7, 11) is 1.51. The van der Waals surface area contributed by atoms with E-state index in [1.165, 1.54) is 36.2 Å². The van der Waals surface area contributed by atoms with Crippen LogP contribution in [-0.2, 0) is 10.3 Å². The highest BCUT2D eigenvalue weighted by Gasteiger charge is 2.68. The zero-order valence-electron chi connectivity index (χ0n) is 14.7. The lowest BCUT2D eigenvalue weighted by atomic mass is 9.89. The molecule has 0 radical (unpaired) electrons. The zero-order chi connectivity index (χ0) is 20.5. The van der Waals surface area contributed by atoms with Gasteiger partial charge in [0.2, 0.25) is 5.54 Å². The Morgan fingerprint density at radius 2 is 1.82 bits per heavy atom. The molecule has 0 saturated carbocycles. The van der Waals surface area contributed by atoms with Crippen molar-refractivity contribution in [3.8, 4) is 6.07 Å². The van der Waals surface area contributed by atoms with E-state index in [1.54, 1.807) is 18.2 Å². The molecule has 0 aromatic heterocycles. The molecule has 3 rings (SSSR count). The minimum Gasteiger partial charge on any atom is -0.356 e. The fourth-order valence-corrected chi connectivity index (χ4v) is 3.05. The fourth-order valence-electron chi connectivity index (χ4n) is 3.05. The molecule has 1 aliphatic rings. The normalized spacial score (nSPS) is 19.3. The van der Waals surface area contributed by atoms with Crippen molar-refractivity contribution in [3.63, 3.8) is 0 Å². The van der Waals surface area contributed by atoms with Crippen LogP contribution in [0.3, 0.4) is 0 Å². The summed E-state index contributed by atoms with van der Waals surface area (Å²) < 4.78 is 41.8. The van der Waals surface area contributed by atoms with Crippen molar-refractivity contribution < 1.29 is 22.8 Å². The molecule has 1 N–H and O–H groups in total. The summed E-state index contributed by atoms with van der Waals surface area (Å²) >= 11 is 0. The average molecular weight is 388 g/mol. The zero-order valence-corrected chi connectivity index (χ0v) is 14.7. The molecule has 1 saturated heterocycles. The number of alkyl halides is 3. The molecular formula is C19H15F3N4O2. The van der Waals surface area contributed by atoms with Gasteiger partial charge in [-0.1, -0.05) is 36.4 Å². The first kappa shape index (κ1) is 19.2. The van der Waals surface area contributed by atoms with E-state index in [9.17, 15) is 22.8 Å². The van der Waals surface area contributed by atoms with Gasteiger partial charge in [0.25, 0.3) is 5.91 Å². The van der Waals surface area contributed by atoms with E-state index in [1.807, 2.05) is 11.4 Å². The van der Waals surface area contributed by atoms with Crippen molar-refractivity contribution in [1.82, 2.24) is 10.2 Å². The third-order valence-corrected chi connectivity index (χ3v) is 4.51. The molecule has 1 aliphatic heterocycles. The van der Waals surface area contributed by atoms with Gasteiger partial charge in [0.15, 0.2) is 0 Å². The number of hydrogen-bond acceptors (Lipinski definition) is 4. The third kappa shape index (κ3) is 3.03. The number of carbonyl (C=O) groups is 2. The predicted molar refractivity (Wildman–Crippen MR) is 94.0 cm³/mol. The summed E-state index contributed by atoms with van der Waals surface area (Å²) in [6, 6.07) is 13.6. The van der Waals surface area contributed by atoms with E-state index in [4.69, 9.17) is 5.26 Å². The SMILES string of the molecule is CN(CN1C(=O)NC(c2ccccc2)(C(F)(F)F)C1=O)c1cccc(C#N)c1. The van der Waals surface area contributed by atoms with E-state index < -0.39 is 30.3 Å². The highest BCUT2D eigenvalue weighted by molar-refractivity contribution is 6.08. The quantitative estimate of drug-likeness (QED) is 0.817. The smallest absolute Gasteiger partial charge is 0.356 e. The highest BCUT2D eigenvalue weighted by Crippen LogP contribution is 2.43. The standard InChI is InChI=1S/C19H15F3N4O2/c1-25(15-9-5-6-13(10-15)11-23)12-26-16(27)18(19(20,21)22,24-17(26)28)14-7-3-2-4-8-14/h2-10H,12H2,1H3,(H,24,28). The first-order valence-corrected chi connectivity index (χ1v) is 8.18. The number of rotatable bonds is 4. The lowest BCUT2D eigenvalue weighted by Gasteiger charge is -2.30. The van der Waals surface area contributed by atoms with E-state index in [0.717, 1.165) is 12.1 Å². The van der Waals surface area contributed by atoms with Gasteiger partial charge in [-0.05, 0) is 23.8 Å². The van der Waals surface area contributed by atoms with E-state index in [-0.39, 0.29) is 5.56 Å². The second-order valence-corrected chi connectivity index (χ2v) is 6.28. The van der Waals surface area contributed by atoms with E-state index in [0.29, 0.717) is 16.2 Å². The van der Waals surface area contributed by atoms with Gasteiger partial charge in [-0.15, -0.1) is 0 Å². The van der Waals surface area contributed by atoms with Gasteiger partial charge in [-0.3, -0.25) is 4.79 Å². The lowest BCUT2D eigenvalue weighted by Crippen LogP contribution is -2.56. The minimum absolute atomic E-state index is 0.343. The monoisotopic (exact) mass is 388 g/mol. The Labute approximate surface area is 158 Å². The molecule has 6 nitrogen and oxygen atoms in total. The Balaban J connectivity index is 1.95. The number of amides is 3. The number of benzene rings is 2. The molecule has 1 heterocycles. The molecule has 2 aromatic rings. The van der Waals surface area contributed by atoms with Gasteiger partial charge < -0.3 is 10.2 Å². The van der Waals surface area contributed by atoms with E-state index >= 15 is 0 Å². The largest absolute Gasteiger partial charge is 0.425 e. The molecule has 144 valence electrons. The van der Waals surface area contributed by atoms with Crippen molar-refractivity contribution in [2.75, 3.05) is 18.6 Å². The third-order valence-electron chi connectivity index (χ3n) is 4.51. The number of hydrogen-bond donors (Lipinski definition) is 1. The van der Waals surface area contributed by atoms with Crippen molar-refractivity contribution in [1.29, 1.82) is 5.26 Å². The van der Waals surface area contributed by atoms with Crippen molar-refractivity contribution in [2.45, 2.75) is 11.7 Å². The van der Waals surface area contributed by atoms with Gasteiger partial charge in [-0.2, -0.15) is 18.4 Å². The maximum absolute atomic E-state index is 13.9. The van der Waals surface area contributed by atoms with Gasteiger partial charge in [0, 0.05) is 12.7 Å². The second-order valence-electron chi connectivity index (χ2n) is 6.28. The highest BCUT2D eigenvalue weighted by atomic mass is 19.4. The maximum Gasteiger partial charge on any atom is 0.425 e. The number of nitriles is 1. The van der Waals surface area contributed by atoms with Crippen LogP contribution in [0.4, 0.5) is 23.7 Å². The molecular weight excluding hydrogens is 373 g/mol. The number of carbonyl (C=O) groups excluding carboxylic acids is 2. The predicted octanol–water partition coefficient (Wildman–Crippen LogP) is 2.96. The lowest BCUT2D eigenvalue weighted by molar-refractivity contribution is -0.198. The summed E-state index contributed by atoms with van der Waals surface area (Å²) in [5, 5.41) is 10.8. The Kier molecular flexibility index (Phi) is 4.73. The first-order valence-electron chi connectivity index (χ1n) is 8.18. The van der Waals surface area contributed by atoms with Gasteiger partial charge in [-0.25, -0.2) is 9.69 Å². The van der Waals surface area contributed by atoms with Crippen molar-refractivity contribution in [3.05, 3.63) is 65.7 Å². The molecule has 1 unspecified atom stereocenters. The number of halogens is 3. The molecule has 3 amide bonds. The summed E-state index contributed by atoms with van der Waals surface area (Å²) in [5.41, 5.74) is -2.68. The second kappa shape index (κ2) is 6.88. The van der Waals surface area contributed by atoms with Crippen LogP contribution in [0.1, 0.15) is 11.1 Å². The Bertz CT molecular complexity index is 956. The van der Waals surface area contributed by atoms with Crippen LogP contribution in [0.15, 0.2) is 54.6 Å². The van der Waals surface area contributed by atoms with Crippen molar-refractivity contribution >= 4 is 17.6 Å². The Hall–Kier alpha value is -3.54. The van der Waals surface area contributed by atoms with Crippen LogP contribution in [0.25, 0.3) is 0 Å². The van der Waals surface area contributed by atoms with Gasteiger partial charge in [0.05, 0.1) is 11.6 Å². The number of nitrogens with zero attached hydrogens (tertiary/aromatic N) is 3. The van der Waals surface area contributed by atoms with Crippen LogP contribution in [0.2, 0.25) is 0 Å². The molecule has 0 aliphatic carbocycles. The van der Waals surface area contributed by atoms with Crippen LogP contribution in [0, 0.1) is 11.3 Å². The fraction of sp³-hybridized carbons (Fsp3) is 0.211. The number of urea groups is 1. The summed E-state index contributed by atoms with van der Waals surface area (Å²) in [6.45, 7) is -0.412. The molecule has 28 heavy (non-hydrogen) atoms. The van der Waals surface area contributed by atoms with Crippen molar-refractivity contribution in [2.24, 2.45) is 0 Å². The molecule has 0 bridgehead atoms. The van der Waals surface area contributed by atoms with E-state index in [2.05, 4.69) is 0 Å². The minimum atomic E-state index is -5.03. The number of nitrogens with one attached hydrogen (secondary N) is 1. The molecule has 9 heteroatoms. The first-order chi connectivity index (χ1) is 13.2. The average Bonchev–Trinajstić information content (AvgIpc) is 2.94. The summed E-state index contributed by atoms with van der Waals surface area (Å²) in [6.07, 6.45) is -5.03. The van der Waals surface area contributed by atoms with Crippen LogP contribution in [-0.4, -0.2) is 36.7 Å². The maximum atomic E-state index is 13.9. The summed E-state index contributed by atoms with van der Waals surface area (Å²) in [4.78, 5) is 27.1. The van der Waals surface area contributed by atoms with Crippen LogP contribution >= 0.6 is 0 Å². The van der Waals surface area contributed by atoms with Crippen LogP contribution < -0.4 is 10.2 Å². The molecule has 2 aromatic carbocycles. The topological polar surface area (TPSA) is 76.4 Å². The molecule has 1 fully saturated rings. The van der Waals surface area contributed by atoms with Gasteiger partial charge >= 0.3 is 12.2 Å². The molecule has 0 spiro atoms.